The highest BCUT2D eigenvalue weighted by Gasteiger charge is 2.16. The van der Waals surface area contributed by atoms with Crippen LogP contribution in [0.15, 0.2) is 29.1 Å². The van der Waals surface area contributed by atoms with Crippen molar-refractivity contribution in [2.24, 2.45) is 0 Å². The average molecular weight is 271 g/mol. The average Bonchev–Trinajstić information content (AvgIpc) is 2.70. The molecule has 2 heterocycles. The van der Waals surface area contributed by atoms with Crippen LogP contribution < -0.4 is 5.56 Å². The number of carbonyl (C=O) groups is 1. The first-order chi connectivity index (χ1) is 9.50. The summed E-state index contributed by atoms with van der Waals surface area (Å²) in [5.41, 5.74) is 2.38. The van der Waals surface area contributed by atoms with Crippen molar-refractivity contribution in [3.05, 3.63) is 45.9 Å². The van der Waals surface area contributed by atoms with Gasteiger partial charge in [0.1, 0.15) is 6.54 Å². The first-order valence-corrected chi connectivity index (χ1v) is 6.19. The van der Waals surface area contributed by atoms with Crippen LogP contribution in [0.25, 0.3) is 16.8 Å². The Bertz CT molecular complexity index is 905. The second-order valence-corrected chi connectivity index (χ2v) is 4.73. The third-order valence-electron chi connectivity index (χ3n) is 3.48. The topological polar surface area (TPSA) is 76.6 Å². The van der Waals surface area contributed by atoms with Crippen LogP contribution in [-0.2, 0) is 11.3 Å². The van der Waals surface area contributed by atoms with E-state index in [1.165, 1.54) is 4.40 Å². The molecule has 0 spiro atoms. The third kappa shape index (κ3) is 1.61. The summed E-state index contributed by atoms with van der Waals surface area (Å²) in [4.78, 5) is 27.9. The Morgan fingerprint density at radius 1 is 1.25 bits per heavy atom. The minimum absolute atomic E-state index is 0.159. The molecule has 2 aromatic heterocycles. The number of fused-ring (bicyclic) bond motifs is 3. The number of nitrogens with zero attached hydrogens (tertiary/aromatic N) is 3. The van der Waals surface area contributed by atoms with E-state index in [2.05, 4.69) is 4.98 Å². The zero-order chi connectivity index (χ0) is 14.4. The number of rotatable bonds is 2. The minimum Gasteiger partial charge on any atom is -0.480 e. The molecule has 6 heteroatoms. The molecule has 3 aromatic rings. The number of hydrogen-bond acceptors (Lipinski definition) is 3. The molecule has 102 valence electrons. The molecular weight excluding hydrogens is 258 g/mol. The van der Waals surface area contributed by atoms with Crippen molar-refractivity contribution < 1.29 is 9.90 Å². The summed E-state index contributed by atoms with van der Waals surface area (Å²) in [7, 11) is 0. The van der Waals surface area contributed by atoms with Gasteiger partial charge in [-0.1, -0.05) is 12.1 Å². The molecule has 0 fully saturated rings. The van der Waals surface area contributed by atoms with Crippen LogP contribution in [0.2, 0.25) is 0 Å². The lowest BCUT2D eigenvalue weighted by molar-refractivity contribution is -0.137. The number of carboxylic acid groups (broad SMARTS) is 1. The Balaban J connectivity index is 2.58. The van der Waals surface area contributed by atoms with Gasteiger partial charge in [-0.25, -0.2) is 9.38 Å². The SMILES string of the molecule is Cc1nc2n(CC(=O)O)c3ccccc3n2c(=O)c1C. The third-order valence-corrected chi connectivity index (χ3v) is 3.48. The quantitative estimate of drug-likeness (QED) is 0.763. The van der Waals surface area contributed by atoms with Gasteiger partial charge < -0.3 is 5.11 Å². The van der Waals surface area contributed by atoms with Crippen molar-refractivity contribution in [3.63, 3.8) is 0 Å². The van der Waals surface area contributed by atoms with Crippen LogP contribution in [0.5, 0.6) is 0 Å². The van der Waals surface area contributed by atoms with Gasteiger partial charge in [0, 0.05) is 11.3 Å². The monoisotopic (exact) mass is 271 g/mol. The van der Waals surface area contributed by atoms with Gasteiger partial charge >= 0.3 is 5.97 Å². The predicted molar refractivity (Wildman–Crippen MR) is 74.1 cm³/mol. The van der Waals surface area contributed by atoms with Crippen molar-refractivity contribution >= 4 is 22.8 Å². The normalized spacial score (nSPS) is 11.3. The van der Waals surface area contributed by atoms with Crippen molar-refractivity contribution in [2.45, 2.75) is 20.4 Å². The number of aryl methyl sites for hydroxylation is 1. The van der Waals surface area contributed by atoms with E-state index in [0.29, 0.717) is 28.1 Å². The highest BCUT2D eigenvalue weighted by molar-refractivity contribution is 5.82. The smallest absolute Gasteiger partial charge is 0.323 e. The number of imidazole rings is 1. The van der Waals surface area contributed by atoms with Crippen molar-refractivity contribution in [1.29, 1.82) is 0 Å². The molecule has 20 heavy (non-hydrogen) atoms. The van der Waals surface area contributed by atoms with Gasteiger partial charge in [-0.15, -0.1) is 0 Å². The number of benzene rings is 1. The molecule has 0 amide bonds. The van der Waals surface area contributed by atoms with E-state index in [9.17, 15) is 9.59 Å². The highest BCUT2D eigenvalue weighted by atomic mass is 16.4. The Kier molecular flexibility index (Phi) is 2.60. The molecule has 6 nitrogen and oxygen atoms in total. The summed E-state index contributed by atoms with van der Waals surface area (Å²) >= 11 is 0. The van der Waals surface area contributed by atoms with E-state index in [4.69, 9.17) is 5.11 Å². The maximum absolute atomic E-state index is 12.4. The van der Waals surface area contributed by atoms with Gasteiger partial charge in [-0.05, 0) is 26.0 Å². The van der Waals surface area contributed by atoms with E-state index in [1.54, 1.807) is 30.5 Å². The van der Waals surface area contributed by atoms with Gasteiger partial charge in [0.15, 0.2) is 0 Å². The largest absolute Gasteiger partial charge is 0.480 e. The van der Waals surface area contributed by atoms with E-state index < -0.39 is 5.97 Å². The van der Waals surface area contributed by atoms with Crippen molar-refractivity contribution in [1.82, 2.24) is 14.0 Å². The molecule has 0 atom stereocenters. The lowest BCUT2D eigenvalue weighted by Gasteiger charge is -2.03. The second kappa shape index (κ2) is 4.19. The molecule has 0 radical (unpaired) electrons. The molecule has 1 aromatic carbocycles. The van der Waals surface area contributed by atoms with Gasteiger partial charge in [0.05, 0.1) is 11.0 Å². The zero-order valence-electron chi connectivity index (χ0n) is 11.1. The minimum atomic E-state index is -0.972. The fourth-order valence-corrected chi connectivity index (χ4v) is 2.38. The standard InChI is InChI=1S/C14H13N3O3/c1-8-9(2)15-14-16(7-12(18)19)10-5-3-4-6-11(10)17(14)13(8)20/h3-6H,7H2,1-2H3,(H,18,19). The number of carboxylic acids is 1. The van der Waals surface area contributed by atoms with Crippen LogP contribution >= 0.6 is 0 Å². The van der Waals surface area contributed by atoms with E-state index in [-0.39, 0.29) is 12.1 Å². The Hall–Kier alpha value is -2.63. The second-order valence-electron chi connectivity index (χ2n) is 4.73. The van der Waals surface area contributed by atoms with E-state index >= 15 is 0 Å². The zero-order valence-corrected chi connectivity index (χ0v) is 11.1. The van der Waals surface area contributed by atoms with Gasteiger partial charge in [0.2, 0.25) is 5.78 Å². The molecule has 0 bridgehead atoms. The van der Waals surface area contributed by atoms with E-state index in [0.717, 1.165) is 0 Å². The summed E-state index contributed by atoms with van der Waals surface area (Å²) < 4.78 is 3.02. The first-order valence-electron chi connectivity index (χ1n) is 6.19. The Morgan fingerprint density at radius 2 is 1.90 bits per heavy atom. The van der Waals surface area contributed by atoms with E-state index in [1.807, 2.05) is 12.1 Å². The molecule has 0 saturated carbocycles. The lowest BCUT2D eigenvalue weighted by atomic mass is 10.2. The molecule has 1 N–H and O–H groups in total. The van der Waals surface area contributed by atoms with Crippen molar-refractivity contribution in [3.8, 4) is 0 Å². The number of para-hydroxylation sites is 2. The number of aromatic nitrogens is 3. The lowest BCUT2D eigenvalue weighted by Crippen LogP contribution is -2.20. The van der Waals surface area contributed by atoms with Gasteiger partial charge in [-0.2, -0.15) is 0 Å². The van der Waals surface area contributed by atoms with Crippen LogP contribution in [0, 0.1) is 13.8 Å². The fourth-order valence-electron chi connectivity index (χ4n) is 2.38. The number of aliphatic carboxylic acids is 1. The molecule has 3 rings (SSSR count). The summed E-state index contributed by atoms with van der Waals surface area (Å²) in [6.07, 6.45) is 0. The predicted octanol–water partition coefficient (Wildman–Crippen LogP) is 1.35. The first kappa shape index (κ1) is 12.4. The molecule has 0 aliphatic carbocycles. The van der Waals surface area contributed by atoms with Gasteiger partial charge in [0.25, 0.3) is 5.56 Å². The highest BCUT2D eigenvalue weighted by Crippen LogP contribution is 2.19. The maximum Gasteiger partial charge on any atom is 0.323 e. The van der Waals surface area contributed by atoms with Crippen LogP contribution in [-0.4, -0.2) is 25.0 Å². The maximum atomic E-state index is 12.4. The molecular formula is C14H13N3O3. The Labute approximate surface area is 113 Å². The van der Waals surface area contributed by atoms with Crippen LogP contribution in [0.3, 0.4) is 0 Å². The fraction of sp³-hybridized carbons (Fsp3) is 0.214. The summed E-state index contributed by atoms with van der Waals surface area (Å²) in [6, 6.07) is 7.20. The Morgan fingerprint density at radius 3 is 2.55 bits per heavy atom. The van der Waals surface area contributed by atoms with Crippen LogP contribution in [0.1, 0.15) is 11.3 Å². The number of hydrogen-bond donors (Lipinski definition) is 1. The molecule has 0 saturated heterocycles. The molecule has 0 aliphatic heterocycles. The van der Waals surface area contributed by atoms with Crippen LogP contribution in [0.4, 0.5) is 0 Å². The molecule has 0 aliphatic rings. The summed E-state index contributed by atoms with van der Waals surface area (Å²) in [6.45, 7) is 3.24. The van der Waals surface area contributed by atoms with Gasteiger partial charge in [-0.3, -0.25) is 14.2 Å². The van der Waals surface area contributed by atoms with Crippen molar-refractivity contribution in [2.75, 3.05) is 0 Å². The molecule has 0 unspecified atom stereocenters. The summed E-state index contributed by atoms with van der Waals surface area (Å²) in [5, 5.41) is 9.06. The summed E-state index contributed by atoms with van der Waals surface area (Å²) in [5.74, 6) is -0.609.